The summed E-state index contributed by atoms with van der Waals surface area (Å²) in [6, 6.07) is 10.1. The highest BCUT2D eigenvalue weighted by molar-refractivity contribution is 7.12. The molecular formula is C22H20N4O2S. The second-order valence-electron chi connectivity index (χ2n) is 7.20. The van der Waals surface area contributed by atoms with Crippen LogP contribution in [0.15, 0.2) is 54.3 Å². The highest BCUT2D eigenvalue weighted by Gasteiger charge is 2.21. The lowest BCUT2D eigenvalue weighted by Crippen LogP contribution is -2.39. The summed E-state index contributed by atoms with van der Waals surface area (Å²) >= 11 is 1.46. The molecule has 0 aliphatic heterocycles. The molecule has 1 amide bonds. The molecule has 3 heterocycles. The van der Waals surface area contributed by atoms with E-state index < -0.39 is 0 Å². The third kappa shape index (κ3) is 3.38. The predicted molar refractivity (Wildman–Crippen MR) is 113 cm³/mol. The van der Waals surface area contributed by atoms with Gasteiger partial charge in [-0.1, -0.05) is 12.1 Å². The summed E-state index contributed by atoms with van der Waals surface area (Å²) in [6.07, 6.45) is 8.98. The maximum atomic E-state index is 12.4. The van der Waals surface area contributed by atoms with Crippen LogP contribution in [-0.4, -0.2) is 33.7 Å². The molecule has 1 aliphatic carbocycles. The average molecular weight is 404 g/mol. The summed E-state index contributed by atoms with van der Waals surface area (Å²) in [5.41, 5.74) is 4.67. The van der Waals surface area contributed by atoms with Crippen molar-refractivity contribution >= 4 is 22.9 Å². The summed E-state index contributed by atoms with van der Waals surface area (Å²) in [5.74, 6) is 0.830. The van der Waals surface area contributed by atoms with E-state index in [4.69, 9.17) is 4.74 Å². The Labute approximate surface area is 172 Å². The van der Waals surface area contributed by atoms with Crippen LogP contribution in [0.5, 0.6) is 5.75 Å². The zero-order chi connectivity index (χ0) is 19.8. The van der Waals surface area contributed by atoms with Crippen molar-refractivity contribution in [3.8, 4) is 28.0 Å². The lowest BCUT2D eigenvalue weighted by atomic mass is 9.93. The fourth-order valence-electron chi connectivity index (χ4n) is 3.42. The third-order valence-electron chi connectivity index (χ3n) is 5.35. The first-order valence-electron chi connectivity index (χ1n) is 9.59. The first-order valence-corrected chi connectivity index (χ1v) is 10.5. The van der Waals surface area contributed by atoms with E-state index >= 15 is 0 Å². The third-order valence-corrected chi connectivity index (χ3v) is 6.28. The van der Waals surface area contributed by atoms with Crippen molar-refractivity contribution in [3.63, 3.8) is 0 Å². The molecule has 6 nitrogen and oxygen atoms in total. The van der Waals surface area contributed by atoms with Gasteiger partial charge in [-0.3, -0.25) is 4.79 Å². The summed E-state index contributed by atoms with van der Waals surface area (Å²) in [5, 5.41) is 9.55. The van der Waals surface area contributed by atoms with Gasteiger partial charge in [0.25, 0.3) is 5.91 Å². The number of amides is 1. The number of methoxy groups -OCH3 is 1. The van der Waals surface area contributed by atoms with Gasteiger partial charge in [0.2, 0.25) is 0 Å². The quantitative estimate of drug-likeness (QED) is 0.535. The summed E-state index contributed by atoms with van der Waals surface area (Å²) in [4.78, 5) is 17.8. The maximum Gasteiger partial charge on any atom is 0.261 e. The number of aromatic nitrogens is 3. The molecule has 3 aromatic heterocycles. The van der Waals surface area contributed by atoms with Gasteiger partial charge in [-0.05, 0) is 54.0 Å². The van der Waals surface area contributed by atoms with Gasteiger partial charge in [-0.15, -0.1) is 11.3 Å². The predicted octanol–water partition coefficient (Wildman–Crippen LogP) is 4.42. The second-order valence-corrected chi connectivity index (χ2v) is 8.11. The molecule has 5 rings (SSSR count). The lowest BCUT2D eigenvalue weighted by Gasteiger charge is -2.25. The number of carbonyl (C=O) groups excluding carboxylic acids is 1. The molecule has 0 saturated heterocycles. The molecule has 0 unspecified atom stereocenters. The molecule has 0 bridgehead atoms. The number of benzene rings is 1. The number of ether oxygens (including phenoxy) is 1. The van der Waals surface area contributed by atoms with Crippen LogP contribution in [0.4, 0.5) is 0 Å². The minimum absolute atomic E-state index is 0.0113. The van der Waals surface area contributed by atoms with Gasteiger partial charge in [-0.25, -0.2) is 9.50 Å². The normalized spacial score (nSPS) is 14.0. The Bertz CT molecular complexity index is 1180. The van der Waals surface area contributed by atoms with Gasteiger partial charge in [-0.2, -0.15) is 5.10 Å². The molecule has 1 aromatic carbocycles. The minimum Gasteiger partial charge on any atom is -0.497 e. The molecule has 1 saturated carbocycles. The number of fused-ring (bicyclic) bond motifs is 1. The summed E-state index contributed by atoms with van der Waals surface area (Å²) in [7, 11) is 1.65. The smallest absolute Gasteiger partial charge is 0.261 e. The first-order chi connectivity index (χ1) is 14.2. The van der Waals surface area contributed by atoms with Gasteiger partial charge in [0.05, 0.1) is 18.2 Å². The molecule has 0 radical (unpaired) electrons. The topological polar surface area (TPSA) is 68.5 Å². The van der Waals surface area contributed by atoms with E-state index in [2.05, 4.69) is 15.4 Å². The van der Waals surface area contributed by atoms with E-state index in [9.17, 15) is 4.79 Å². The average Bonchev–Trinajstić information content (AvgIpc) is 3.37. The van der Waals surface area contributed by atoms with Crippen LogP contribution in [0.1, 0.15) is 28.9 Å². The van der Waals surface area contributed by atoms with Crippen molar-refractivity contribution < 1.29 is 9.53 Å². The number of rotatable bonds is 5. The Hall–Kier alpha value is -3.19. The van der Waals surface area contributed by atoms with Crippen LogP contribution >= 0.6 is 11.3 Å². The maximum absolute atomic E-state index is 12.4. The molecule has 4 aromatic rings. The Morgan fingerprint density at radius 3 is 2.72 bits per heavy atom. The number of nitrogens with one attached hydrogen (secondary N) is 1. The summed E-state index contributed by atoms with van der Waals surface area (Å²) in [6.45, 7) is 0. The minimum atomic E-state index is 0.0113. The van der Waals surface area contributed by atoms with Crippen molar-refractivity contribution in [2.24, 2.45) is 0 Å². The van der Waals surface area contributed by atoms with Gasteiger partial charge in [0.1, 0.15) is 5.75 Å². The van der Waals surface area contributed by atoms with Crippen molar-refractivity contribution in [1.82, 2.24) is 19.9 Å². The van der Waals surface area contributed by atoms with E-state index in [0.29, 0.717) is 6.04 Å². The molecule has 7 heteroatoms. The molecular weight excluding hydrogens is 384 g/mol. The zero-order valence-corrected chi connectivity index (χ0v) is 16.8. The standard InChI is InChI=1S/C22H20N4O2S/c1-28-18-7-5-14(6-8-18)16-10-23-21-19(11-24-26(21)12-16)15-9-20(29-13-15)22(27)25-17-3-2-4-17/h5-13,17H,2-4H2,1H3,(H,25,27). The van der Waals surface area contributed by atoms with Crippen LogP contribution in [-0.2, 0) is 0 Å². The van der Waals surface area contributed by atoms with Crippen molar-refractivity contribution in [3.05, 3.63) is 59.2 Å². The molecule has 0 spiro atoms. The number of thiophene rings is 1. The van der Waals surface area contributed by atoms with E-state index in [0.717, 1.165) is 51.4 Å². The molecule has 1 fully saturated rings. The van der Waals surface area contributed by atoms with Crippen molar-refractivity contribution in [2.45, 2.75) is 25.3 Å². The first kappa shape index (κ1) is 17.9. The molecule has 29 heavy (non-hydrogen) atoms. The largest absolute Gasteiger partial charge is 0.497 e. The van der Waals surface area contributed by atoms with Gasteiger partial charge >= 0.3 is 0 Å². The van der Waals surface area contributed by atoms with Crippen molar-refractivity contribution in [1.29, 1.82) is 0 Å². The van der Waals surface area contributed by atoms with Crippen LogP contribution < -0.4 is 10.1 Å². The number of carbonyl (C=O) groups is 1. The van der Waals surface area contributed by atoms with E-state index in [-0.39, 0.29) is 5.91 Å². The number of hydrogen-bond donors (Lipinski definition) is 1. The SMILES string of the molecule is COc1ccc(-c2cnc3c(-c4csc(C(=O)NC5CCC5)c4)cnn3c2)cc1. The monoisotopic (exact) mass is 404 g/mol. The molecule has 146 valence electrons. The van der Waals surface area contributed by atoms with Crippen LogP contribution in [0.3, 0.4) is 0 Å². The van der Waals surface area contributed by atoms with Crippen molar-refractivity contribution in [2.75, 3.05) is 7.11 Å². The second kappa shape index (κ2) is 7.33. The van der Waals surface area contributed by atoms with Gasteiger partial charge in [0.15, 0.2) is 5.65 Å². The highest BCUT2D eigenvalue weighted by atomic mass is 32.1. The number of hydrogen-bond acceptors (Lipinski definition) is 5. The van der Waals surface area contributed by atoms with E-state index in [1.54, 1.807) is 17.8 Å². The molecule has 1 aliphatic rings. The number of nitrogens with zero attached hydrogens (tertiary/aromatic N) is 3. The molecule has 0 atom stereocenters. The Balaban J connectivity index is 1.42. The van der Waals surface area contributed by atoms with Gasteiger partial charge in [0, 0.05) is 29.6 Å². The van der Waals surface area contributed by atoms with E-state index in [1.807, 2.05) is 48.1 Å². The lowest BCUT2D eigenvalue weighted by molar-refractivity contribution is 0.0921. The summed E-state index contributed by atoms with van der Waals surface area (Å²) < 4.78 is 6.99. The Morgan fingerprint density at radius 2 is 2.00 bits per heavy atom. The fraction of sp³-hybridized carbons (Fsp3) is 0.227. The Morgan fingerprint density at radius 1 is 1.17 bits per heavy atom. The van der Waals surface area contributed by atoms with Crippen LogP contribution in [0, 0.1) is 0 Å². The fourth-order valence-corrected chi connectivity index (χ4v) is 4.23. The van der Waals surface area contributed by atoms with Crippen LogP contribution in [0.25, 0.3) is 27.9 Å². The highest BCUT2D eigenvalue weighted by Crippen LogP contribution is 2.30. The van der Waals surface area contributed by atoms with E-state index in [1.165, 1.54) is 17.8 Å². The van der Waals surface area contributed by atoms with Gasteiger partial charge < -0.3 is 10.1 Å². The zero-order valence-electron chi connectivity index (χ0n) is 16.0. The Kier molecular flexibility index (Phi) is 4.52. The molecule has 1 N–H and O–H groups in total. The van der Waals surface area contributed by atoms with Crippen LogP contribution in [0.2, 0.25) is 0 Å².